The predicted molar refractivity (Wildman–Crippen MR) is 189 cm³/mol. The van der Waals surface area contributed by atoms with Gasteiger partial charge < -0.3 is 18.9 Å². The third kappa shape index (κ3) is 7.92. The van der Waals surface area contributed by atoms with E-state index in [1.54, 1.807) is 0 Å². The molecule has 0 N–H and O–H groups in total. The Bertz CT molecular complexity index is 1170. The Labute approximate surface area is 276 Å². The molecule has 2 fully saturated rings. The van der Waals surface area contributed by atoms with Gasteiger partial charge in [0, 0.05) is 27.7 Å². The van der Waals surface area contributed by atoms with Gasteiger partial charge in [-0.1, -0.05) is 135 Å². The molecule has 2 aliphatic heterocycles. The van der Waals surface area contributed by atoms with E-state index in [-0.39, 0.29) is 51.5 Å². The van der Waals surface area contributed by atoms with Crippen LogP contribution >= 0.6 is 0 Å². The standard InChI is InChI=1S/C41H64O4/c1-17-31(33-23-42-33)44-35-27(37(3,4)5)19-25(20-28(35)38(6,7)8)41(15,16)26-21-29(39(9,10)11)36(30(22-26)40(12,13)14)45-32(18-2)34-24-43-34/h19-22,31-34H,17-18,23-24H2,1-16H3. The summed E-state index contributed by atoms with van der Waals surface area (Å²) in [6.45, 7) is 38.4. The fourth-order valence-electron chi connectivity index (χ4n) is 6.32. The minimum absolute atomic E-state index is 0.0651. The molecule has 0 aromatic heterocycles. The molecule has 0 amide bonds. The highest BCUT2D eigenvalue weighted by atomic mass is 16.6. The van der Waals surface area contributed by atoms with Crippen molar-refractivity contribution >= 4 is 0 Å². The molecule has 2 heterocycles. The Kier molecular flexibility index (Phi) is 9.71. The van der Waals surface area contributed by atoms with Gasteiger partial charge >= 0.3 is 0 Å². The number of hydrogen-bond donors (Lipinski definition) is 0. The van der Waals surface area contributed by atoms with Gasteiger partial charge in [-0.3, -0.25) is 0 Å². The average molecular weight is 621 g/mol. The zero-order valence-corrected chi connectivity index (χ0v) is 31.6. The first kappa shape index (κ1) is 35.8. The normalized spacial score (nSPS) is 20.5. The van der Waals surface area contributed by atoms with Crippen LogP contribution in [0.25, 0.3) is 0 Å². The van der Waals surface area contributed by atoms with Crippen molar-refractivity contribution in [2.24, 2.45) is 0 Å². The van der Waals surface area contributed by atoms with Crippen LogP contribution in [0.4, 0.5) is 0 Å². The topological polar surface area (TPSA) is 43.5 Å². The first-order valence-corrected chi connectivity index (χ1v) is 17.5. The number of rotatable bonds is 10. The lowest BCUT2D eigenvalue weighted by Crippen LogP contribution is -2.30. The molecular weight excluding hydrogens is 556 g/mol. The highest BCUT2D eigenvalue weighted by Crippen LogP contribution is 2.48. The van der Waals surface area contributed by atoms with Gasteiger partial charge in [-0.05, 0) is 45.6 Å². The monoisotopic (exact) mass is 620 g/mol. The first-order chi connectivity index (χ1) is 20.5. The summed E-state index contributed by atoms with van der Waals surface area (Å²) in [7, 11) is 0. The molecule has 4 unspecified atom stereocenters. The van der Waals surface area contributed by atoms with E-state index in [0.717, 1.165) is 37.6 Å². The van der Waals surface area contributed by atoms with Crippen molar-refractivity contribution in [1.82, 2.24) is 0 Å². The maximum absolute atomic E-state index is 6.94. The average Bonchev–Trinajstić information content (AvgIpc) is 3.81. The quantitative estimate of drug-likeness (QED) is 0.248. The van der Waals surface area contributed by atoms with Crippen LogP contribution in [-0.2, 0) is 36.5 Å². The van der Waals surface area contributed by atoms with Crippen LogP contribution in [0.1, 0.15) is 157 Å². The second-order valence-corrected chi connectivity index (χ2v) is 18.3. The summed E-state index contributed by atoms with van der Waals surface area (Å²) < 4.78 is 25.3. The molecule has 4 nitrogen and oxygen atoms in total. The molecule has 0 radical (unpaired) electrons. The van der Waals surface area contributed by atoms with E-state index in [1.807, 2.05) is 0 Å². The molecule has 2 saturated heterocycles. The van der Waals surface area contributed by atoms with Gasteiger partial charge in [0.2, 0.25) is 0 Å². The second kappa shape index (κ2) is 12.2. The van der Waals surface area contributed by atoms with Gasteiger partial charge in [0.25, 0.3) is 0 Å². The summed E-state index contributed by atoms with van der Waals surface area (Å²) in [5.74, 6) is 2.08. The van der Waals surface area contributed by atoms with Crippen LogP contribution in [0.5, 0.6) is 11.5 Å². The van der Waals surface area contributed by atoms with Crippen molar-refractivity contribution in [2.45, 2.75) is 175 Å². The Morgan fingerprint density at radius 3 is 0.956 bits per heavy atom. The molecule has 2 aliphatic rings. The van der Waals surface area contributed by atoms with E-state index in [0.29, 0.717) is 0 Å². The second-order valence-electron chi connectivity index (χ2n) is 18.3. The fraction of sp³-hybridized carbons (Fsp3) is 0.707. The number of benzene rings is 2. The van der Waals surface area contributed by atoms with Crippen molar-refractivity contribution in [3.63, 3.8) is 0 Å². The van der Waals surface area contributed by atoms with Crippen molar-refractivity contribution < 1.29 is 18.9 Å². The molecule has 4 rings (SSSR count). The van der Waals surface area contributed by atoms with Gasteiger partial charge in [-0.2, -0.15) is 0 Å². The number of hydrogen-bond acceptors (Lipinski definition) is 4. The minimum atomic E-state index is -0.273. The maximum Gasteiger partial charge on any atom is 0.127 e. The Morgan fingerprint density at radius 2 is 0.778 bits per heavy atom. The SMILES string of the molecule is CCC(Oc1c(C(C)(C)C)cc(C(C)(C)c2cc(C(C)(C)C)c(OC(CC)C3CO3)c(C(C)(C)C)c2)cc1C(C)(C)C)C1CO1. The first-order valence-electron chi connectivity index (χ1n) is 17.5. The third-order valence-electron chi connectivity index (χ3n) is 9.74. The van der Waals surface area contributed by atoms with Crippen molar-refractivity contribution in [1.29, 1.82) is 0 Å². The largest absolute Gasteiger partial charge is 0.487 e. The van der Waals surface area contributed by atoms with Crippen molar-refractivity contribution in [2.75, 3.05) is 13.2 Å². The van der Waals surface area contributed by atoms with Crippen LogP contribution in [-0.4, -0.2) is 37.6 Å². The van der Waals surface area contributed by atoms with Crippen LogP contribution in [0.15, 0.2) is 24.3 Å². The van der Waals surface area contributed by atoms with Crippen LogP contribution in [0.3, 0.4) is 0 Å². The summed E-state index contributed by atoms with van der Waals surface area (Å²) >= 11 is 0. The van der Waals surface area contributed by atoms with Gasteiger partial charge in [-0.25, -0.2) is 0 Å². The van der Waals surface area contributed by atoms with Gasteiger partial charge in [-0.15, -0.1) is 0 Å². The summed E-state index contributed by atoms with van der Waals surface area (Å²) in [6.07, 6.45) is 2.37. The van der Waals surface area contributed by atoms with Crippen LogP contribution < -0.4 is 9.47 Å². The molecular formula is C41H64O4. The molecule has 4 atom stereocenters. The number of epoxide rings is 2. The molecule has 0 spiro atoms. The molecule has 0 bridgehead atoms. The van der Waals surface area contributed by atoms with E-state index in [4.69, 9.17) is 18.9 Å². The highest BCUT2D eigenvalue weighted by Gasteiger charge is 2.40. The Hall–Kier alpha value is -2.04. The summed E-state index contributed by atoms with van der Waals surface area (Å²) in [4.78, 5) is 0. The minimum Gasteiger partial charge on any atom is -0.487 e. The molecule has 252 valence electrons. The lowest BCUT2D eigenvalue weighted by Gasteiger charge is -2.37. The molecule has 0 aliphatic carbocycles. The molecule has 0 saturated carbocycles. The zero-order valence-electron chi connectivity index (χ0n) is 31.6. The predicted octanol–water partition coefficient (Wildman–Crippen LogP) is 10.3. The van der Waals surface area contributed by atoms with E-state index in [1.165, 1.54) is 33.4 Å². The summed E-state index contributed by atoms with van der Waals surface area (Å²) in [5.41, 5.74) is 6.99. The number of ether oxygens (including phenoxy) is 4. The molecule has 2 aromatic carbocycles. The zero-order chi connectivity index (χ0) is 33.9. The molecule has 45 heavy (non-hydrogen) atoms. The lowest BCUT2D eigenvalue weighted by atomic mass is 9.69. The fourth-order valence-corrected chi connectivity index (χ4v) is 6.32. The van der Waals surface area contributed by atoms with Gasteiger partial charge in [0.05, 0.1) is 13.2 Å². The van der Waals surface area contributed by atoms with E-state index >= 15 is 0 Å². The third-order valence-corrected chi connectivity index (χ3v) is 9.74. The van der Waals surface area contributed by atoms with Gasteiger partial charge in [0.1, 0.15) is 35.9 Å². The smallest absolute Gasteiger partial charge is 0.127 e. The Balaban J connectivity index is 1.96. The highest BCUT2D eigenvalue weighted by molar-refractivity contribution is 5.58. The molecule has 2 aromatic rings. The van der Waals surface area contributed by atoms with Crippen molar-refractivity contribution in [3.8, 4) is 11.5 Å². The maximum atomic E-state index is 6.94. The van der Waals surface area contributed by atoms with Crippen molar-refractivity contribution in [3.05, 3.63) is 57.6 Å². The van der Waals surface area contributed by atoms with Crippen LogP contribution in [0, 0.1) is 0 Å². The van der Waals surface area contributed by atoms with E-state index in [9.17, 15) is 0 Å². The van der Waals surface area contributed by atoms with Gasteiger partial charge in [0.15, 0.2) is 0 Å². The lowest BCUT2D eigenvalue weighted by molar-refractivity contribution is 0.149. The van der Waals surface area contributed by atoms with E-state index in [2.05, 4.69) is 135 Å². The summed E-state index contributed by atoms with van der Waals surface area (Å²) in [5, 5.41) is 0. The summed E-state index contributed by atoms with van der Waals surface area (Å²) in [6, 6.07) is 9.72. The Morgan fingerprint density at radius 1 is 0.533 bits per heavy atom. The van der Waals surface area contributed by atoms with Crippen LogP contribution in [0.2, 0.25) is 0 Å². The van der Waals surface area contributed by atoms with E-state index < -0.39 is 0 Å². The molecule has 4 heteroatoms.